The topological polar surface area (TPSA) is 47.3 Å². The Morgan fingerprint density at radius 3 is 2.62 bits per heavy atom. The third kappa shape index (κ3) is 4.40. The highest BCUT2D eigenvalue weighted by Crippen LogP contribution is 2.21. The van der Waals surface area contributed by atoms with Gasteiger partial charge in [0.2, 0.25) is 0 Å². The standard InChI is InChI=1S/C13H28N2O/c1-3-11(4-2)13(15-14)9-5-7-12-8-6-10-16-12/h11-13,15H,3-10,14H2,1-2H3. The zero-order valence-corrected chi connectivity index (χ0v) is 10.9. The van der Waals surface area contributed by atoms with E-state index >= 15 is 0 Å². The Balaban J connectivity index is 2.16. The van der Waals surface area contributed by atoms with Gasteiger partial charge in [0, 0.05) is 12.6 Å². The van der Waals surface area contributed by atoms with E-state index in [0.717, 1.165) is 12.5 Å². The molecule has 1 heterocycles. The van der Waals surface area contributed by atoms with E-state index in [9.17, 15) is 0 Å². The lowest BCUT2D eigenvalue weighted by atomic mass is 9.90. The van der Waals surface area contributed by atoms with Gasteiger partial charge in [-0.05, 0) is 38.0 Å². The van der Waals surface area contributed by atoms with E-state index in [0.29, 0.717) is 12.1 Å². The van der Waals surface area contributed by atoms with E-state index in [4.69, 9.17) is 10.6 Å². The van der Waals surface area contributed by atoms with Gasteiger partial charge in [-0.2, -0.15) is 0 Å². The maximum absolute atomic E-state index is 5.64. The second kappa shape index (κ2) is 8.04. The Hall–Kier alpha value is -0.120. The smallest absolute Gasteiger partial charge is 0.0576 e. The minimum absolute atomic E-state index is 0.483. The fourth-order valence-electron chi connectivity index (χ4n) is 2.75. The Bertz CT molecular complexity index is 165. The second-order valence-electron chi connectivity index (χ2n) is 4.92. The predicted molar refractivity (Wildman–Crippen MR) is 68.0 cm³/mol. The fraction of sp³-hybridized carbons (Fsp3) is 1.00. The number of rotatable bonds is 8. The van der Waals surface area contributed by atoms with Crippen LogP contribution in [0.15, 0.2) is 0 Å². The average molecular weight is 228 g/mol. The molecule has 1 fully saturated rings. The van der Waals surface area contributed by atoms with E-state index in [1.165, 1.54) is 44.9 Å². The molecule has 1 saturated heterocycles. The maximum Gasteiger partial charge on any atom is 0.0576 e. The quantitative estimate of drug-likeness (QED) is 0.496. The van der Waals surface area contributed by atoms with E-state index in [1.807, 2.05) is 0 Å². The minimum Gasteiger partial charge on any atom is -0.378 e. The van der Waals surface area contributed by atoms with Crippen molar-refractivity contribution in [2.45, 2.75) is 70.9 Å². The monoisotopic (exact) mass is 228 g/mol. The Kier molecular flexibility index (Phi) is 7.01. The van der Waals surface area contributed by atoms with Crippen LogP contribution >= 0.6 is 0 Å². The van der Waals surface area contributed by atoms with Gasteiger partial charge in [-0.15, -0.1) is 0 Å². The largest absolute Gasteiger partial charge is 0.378 e. The lowest BCUT2D eigenvalue weighted by molar-refractivity contribution is 0.100. The molecule has 0 bridgehead atoms. The van der Waals surface area contributed by atoms with Crippen LogP contribution in [-0.2, 0) is 4.74 Å². The van der Waals surface area contributed by atoms with Crippen LogP contribution in [0.5, 0.6) is 0 Å². The molecule has 0 aromatic heterocycles. The summed E-state index contributed by atoms with van der Waals surface area (Å²) < 4.78 is 5.63. The van der Waals surface area contributed by atoms with Crippen LogP contribution in [0.3, 0.4) is 0 Å². The molecule has 3 nitrogen and oxygen atoms in total. The van der Waals surface area contributed by atoms with Crippen molar-refractivity contribution in [3.8, 4) is 0 Å². The highest BCUT2D eigenvalue weighted by molar-refractivity contribution is 4.74. The zero-order valence-electron chi connectivity index (χ0n) is 10.9. The van der Waals surface area contributed by atoms with Crippen molar-refractivity contribution < 1.29 is 4.74 Å². The first-order valence-corrected chi connectivity index (χ1v) is 6.89. The van der Waals surface area contributed by atoms with E-state index in [2.05, 4.69) is 19.3 Å². The summed E-state index contributed by atoms with van der Waals surface area (Å²) in [5.74, 6) is 6.35. The van der Waals surface area contributed by atoms with Crippen molar-refractivity contribution in [1.82, 2.24) is 5.43 Å². The summed E-state index contributed by atoms with van der Waals surface area (Å²) in [7, 11) is 0. The van der Waals surface area contributed by atoms with Crippen LogP contribution in [0.4, 0.5) is 0 Å². The summed E-state index contributed by atoms with van der Waals surface area (Å²) in [5.41, 5.74) is 2.99. The van der Waals surface area contributed by atoms with Crippen LogP contribution < -0.4 is 11.3 Å². The van der Waals surface area contributed by atoms with Gasteiger partial charge < -0.3 is 4.74 Å². The molecule has 1 aliphatic rings. The molecular weight excluding hydrogens is 200 g/mol. The van der Waals surface area contributed by atoms with E-state index < -0.39 is 0 Å². The first-order valence-electron chi connectivity index (χ1n) is 6.89. The number of hydrazine groups is 1. The number of nitrogens with one attached hydrogen (secondary N) is 1. The molecule has 96 valence electrons. The summed E-state index contributed by atoms with van der Waals surface area (Å²) in [6.45, 7) is 5.47. The lowest BCUT2D eigenvalue weighted by Gasteiger charge is -2.24. The number of hydrogen-bond acceptors (Lipinski definition) is 3. The van der Waals surface area contributed by atoms with Gasteiger partial charge in [0.1, 0.15) is 0 Å². The summed E-state index contributed by atoms with van der Waals surface area (Å²) in [5, 5.41) is 0. The van der Waals surface area contributed by atoms with Gasteiger partial charge >= 0.3 is 0 Å². The summed E-state index contributed by atoms with van der Waals surface area (Å²) >= 11 is 0. The zero-order chi connectivity index (χ0) is 11.8. The maximum atomic E-state index is 5.64. The van der Waals surface area contributed by atoms with Crippen LogP contribution in [0.25, 0.3) is 0 Å². The molecule has 3 N–H and O–H groups in total. The molecule has 0 aromatic carbocycles. The number of ether oxygens (including phenoxy) is 1. The molecule has 0 aliphatic carbocycles. The third-order valence-electron chi connectivity index (χ3n) is 3.90. The second-order valence-corrected chi connectivity index (χ2v) is 4.92. The average Bonchev–Trinajstić information content (AvgIpc) is 2.81. The summed E-state index contributed by atoms with van der Waals surface area (Å²) in [4.78, 5) is 0. The molecule has 3 heteroatoms. The summed E-state index contributed by atoms with van der Waals surface area (Å²) in [6.07, 6.45) is 9.08. The SMILES string of the molecule is CCC(CC)C(CCCC1CCCO1)NN. The number of nitrogens with two attached hydrogens (primary N) is 1. The Morgan fingerprint density at radius 1 is 1.38 bits per heavy atom. The van der Waals surface area contributed by atoms with Crippen molar-refractivity contribution in [1.29, 1.82) is 0 Å². The molecule has 2 unspecified atom stereocenters. The van der Waals surface area contributed by atoms with Crippen molar-refractivity contribution >= 4 is 0 Å². The third-order valence-corrected chi connectivity index (χ3v) is 3.90. The first-order chi connectivity index (χ1) is 7.81. The molecule has 0 radical (unpaired) electrons. The van der Waals surface area contributed by atoms with Gasteiger partial charge in [-0.25, -0.2) is 0 Å². The molecule has 2 atom stereocenters. The fourth-order valence-corrected chi connectivity index (χ4v) is 2.75. The molecular formula is C13H28N2O. The highest BCUT2D eigenvalue weighted by atomic mass is 16.5. The van der Waals surface area contributed by atoms with Crippen LogP contribution in [0.2, 0.25) is 0 Å². The van der Waals surface area contributed by atoms with Gasteiger partial charge in [-0.1, -0.05) is 26.7 Å². The van der Waals surface area contributed by atoms with Crippen molar-refractivity contribution in [3.63, 3.8) is 0 Å². The molecule has 0 amide bonds. The molecule has 16 heavy (non-hydrogen) atoms. The van der Waals surface area contributed by atoms with Gasteiger partial charge in [0.15, 0.2) is 0 Å². The van der Waals surface area contributed by atoms with Crippen LogP contribution in [-0.4, -0.2) is 18.8 Å². The van der Waals surface area contributed by atoms with Gasteiger partial charge in [0.05, 0.1) is 6.10 Å². The first kappa shape index (κ1) is 13.9. The van der Waals surface area contributed by atoms with Gasteiger partial charge in [-0.3, -0.25) is 11.3 Å². The van der Waals surface area contributed by atoms with Crippen LogP contribution in [0.1, 0.15) is 58.8 Å². The number of hydrogen-bond donors (Lipinski definition) is 2. The molecule has 0 saturated carbocycles. The van der Waals surface area contributed by atoms with E-state index in [1.54, 1.807) is 0 Å². The predicted octanol–water partition coefficient (Wildman–Crippen LogP) is 2.60. The van der Waals surface area contributed by atoms with E-state index in [-0.39, 0.29) is 0 Å². The summed E-state index contributed by atoms with van der Waals surface area (Å²) in [6, 6.07) is 0.483. The molecule has 0 aromatic rings. The van der Waals surface area contributed by atoms with Crippen molar-refractivity contribution in [2.24, 2.45) is 11.8 Å². The highest BCUT2D eigenvalue weighted by Gasteiger charge is 2.19. The minimum atomic E-state index is 0.483. The Labute approximate surface area is 100 Å². The normalized spacial score (nSPS) is 22.9. The Morgan fingerprint density at radius 2 is 2.12 bits per heavy atom. The van der Waals surface area contributed by atoms with Crippen molar-refractivity contribution in [3.05, 3.63) is 0 Å². The van der Waals surface area contributed by atoms with Crippen LogP contribution in [0, 0.1) is 5.92 Å². The van der Waals surface area contributed by atoms with Gasteiger partial charge in [0.25, 0.3) is 0 Å². The molecule has 1 aliphatic heterocycles. The van der Waals surface area contributed by atoms with Crippen molar-refractivity contribution in [2.75, 3.05) is 6.61 Å². The lowest BCUT2D eigenvalue weighted by Crippen LogP contribution is -2.40. The molecule has 1 rings (SSSR count). The molecule has 0 spiro atoms.